The number of nitrogens with zero attached hydrogens (tertiary/aromatic N) is 1. The predicted octanol–water partition coefficient (Wildman–Crippen LogP) is 1.20. The van der Waals surface area contributed by atoms with E-state index in [0.717, 1.165) is 6.42 Å². The van der Waals surface area contributed by atoms with Crippen molar-refractivity contribution in [2.24, 2.45) is 28.9 Å². The molecule has 0 unspecified atom stereocenters. The van der Waals surface area contributed by atoms with E-state index >= 15 is 0 Å². The van der Waals surface area contributed by atoms with Gasteiger partial charge in [0.1, 0.15) is 0 Å². The summed E-state index contributed by atoms with van der Waals surface area (Å²) in [4.78, 5) is 23.1. The first-order valence-corrected chi connectivity index (χ1v) is 12.0. The van der Waals surface area contributed by atoms with Crippen molar-refractivity contribution in [1.82, 2.24) is 16.1 Å². The number of hydrogen-bond acceptors (Lipinski definition) is 7. The van der Waals surface area contributed by atoms with Crippen LogP contribution in [0.1, 0.15) is 66.7 Å². The Hall–Kier alpha value is -1.92. The van der Waals surface area contributed by atoms with E-state index < -0.39 is 24.2 Å². The number of carbonyl (C=O) groups excluding carboxylic acids is 1. The molecule has 3 aliphatic carbocycles. The Kier molecular flexibility index (Phi) is 7.60. The number of nitrogens with two attached hydrogens (primary N) is 1. The van der Waals surface area contributed by atoms with Crippen molar-refractivity contribution >= 4 is 19.0 Å². The van der Waals surface area contributed by atoms with Crippen LogP contribution >= 0.6 is 0 Å². The average molecular weight is 466 g/mol. The fourth-order valence-corrected chi connectivity index (χ4v) is 5.90. The van der Waals surface area contributed by atoms with Gasteiger partial charge < -0.3 is 25.7 Å². The first-order chi connectivity index (χ1) is 15.3. The van der Waals surface area contributed by atoms with Gasteiger partial charge in [-0.2, -0.15) is 0 Å². The summed E-state index contributed by atoms with van der Waals surface area (Å²) < 4.78 is 13.0. The number of nitrogens with one attached hydrogen (secondary N) is 4. The normalized spacial score (nSPS) is 31.2. The summed E-state index contributed by atoms with van der Waals surface area (Å²) in [5.41, 5.74) is 7.74. The van der Waals surface area contributed by atoms with Gasteiger partial charge in [-0.05, 0) is 62.2 Å². The van der Waals surface area contributed by atoms with E-state index in [-0.39, 0.29) is 29.0 Å². The largest absolute Gasteiger partial charge is 0.481 e. The molecule has 6 atom stereocenters. The summed E-state index contributed by atoms with van der Waals surface area (Å²) in [5.74, 6) is 0.487. The lowest BCUT2D eigenvalue weighted by molar-refractivity contribution is -0.525. The smallest absolute Gasteiger partial charge is 0.404 e. The highest BCUT2D eigenvalue weighted by Gasteiger charge is 2.68. The van der Waals surface area contributed by atoms with Gasteiger partial charge in [-0.25, -0.2) is 10.1 Å². The summed E-state index contributed by atoms with van der Waals surface area (Å²) in [6.45, 7) is 11.3. The van der Waals surface area contributed by atoms with E-state index in [9.17, 15) is 14.9 Å². The number of carbonyl (C=O) groups is 1. The van der Waals surface area contributed by atoms with Crippen LogP contribution in [-0.4, -0.2) is 54.3 Å². The molecule has 0 spiro atoms. The molecule has 4 rings (SSSR count). The van der Waals surface area contributed by atoms with Crippen molar-refractivity contribution in [2.75, 3.05) is 6.54 Å². The Morgan fingerprint density at radius 2 is 2.03 bits per heavy atom. The molecule has 186 valence electrons. The molecule has 6 N–H and O–H groups in total. The van der Waals surface area contributed by atoms with Crippen LogP contribution in [0.3, 0.4) is 0 Å². The van der Waals surface area contributed by atoms with Crippen molar-refractivity contribution in [3.8, 4) is 0 Å². The molecule has 4 aliphatic rings. The number of amides is 1. The zero-order valence-electron chi connectivity index (χ0n) is 20.3. The van der Waals surface area contributed by atoms with Gasteiger partial charge in [0.2, 0.25) is 5.91 Å². The van der Waals surface area contributed by atoms with Gasteiger partial charge in [0, 0.05) is 6.54 Å². The summed E-state index contributed by atoms with van der Waals surface area (Å²) in [5, 5.41) is 22.5. The third-order valence-corrected chi connectivity index (χ3v) is 7.88. The minimum atomic E-state index is -0.808. The van der Waals surface area contributed by atoms with E-state index in [4.69, 9.17) is 20.5 Å². The number of hydrogen-bond donors (Lipinski definition) is 5. The van der Waals surface area contributed by atoms with Gasteiger partial charge in [-0.3, -0.25) is 10.2 Å². The molecule has 2 bridgehead atoms. The Morgan fingerprint density at radius 1 is 1.33 bits per heavy atom. The maximum atomic E-state index is 12.8. The molecule has 0 aromatic heterocycles. The third-order valence-electron chi connectivity index (χ3n) is 7.88. The van der Waals surface area contributed by atoms with E-state index in [1.54, 1.807) is 5.43 Å². The number of rotatable bonds is 10. The Morgan fingerprint density at radius 3 is 2.64 bits per heavy atom. The summed E-state index contributed by atoms with van der Waals surface area (Å²) in [6, 6.07) is -0.731. The van der Waals surface area contributed by atoms with Crippen LogP contribution in [-0.2, 0) is 14.1 Å². The van der Waals surface area contributed by atoms with Crippen LogP contribution in [0.4, 0.5) is 0 Å². The number of hydrazine groups is 1. The molecular formula is C21H39BN6O5. The molecule has 1 saturated heterocycles. The lowest BCUT2D eigenvalue weighted by atomic mass is 9.43. The molecule has 33 heavy (non-hydrogen) atoms. The maximum Gasteiger partial charge on any atom is 0.481 e. The Bertz CT molecular complexity index is 767. The molecule has 12 heteroatoms. The molecule has 0 aromatic rings. The van der Waals surface area contributed by atoms with Crippen molar-refractivity contribution < 1.29 is 19.1 Å². The van der Waals surface area contributed by atoms with Crippen LogP contribution < -0.4 is 21.8 Å². The van der Waals surface area contributed by atoms with E-state index in [0.29, 0.717) is 43.6 Å². The Labute approximate surface area is 196 Å². The molecule has 0 radical (unpaired) electrons. The Balaban J connectivity index is 1.53. The quantitative estimate of drug-likeness (QED) is 0.0800. The van der Waals surface area contributed by atoms with Gasteiger partial charge in [0.15, 0.2) is 5.03 Å². The summed E-state index contributed by atoms with van der Waals surface area (Å²) in [7, 11) is -0.496. The summed E-state index contributed by atoms with van der Waals surface area (Å²) in [6.07, 6.45) is 3.79. The van der Waals surface area contributed by atoms with Crippen molar-refractivity contribution in [3.63, 3.8) is 0 Å². The van der Waals surface area contributed by atoms with Gasteiger partial charge in [0.25, 0.3) is 5.96 Å². The second-order valence-corrected chi connectivity index (χ2v) is 11.0. The summed E-state index contributed by atoms with van der Waals surface area (Å²) >= 11 is 0. The zero-order chi connectivity index (χ0) is 24.6. The molecular weight excluding hydrogens is 427 g/mol. The van der Waals surface area contributed by atoms with Crippen molar-refractivity contribution in [1.29, 1.82) is 5.41 Å². The highest BCUT2D eigenvalue weighted by Crippen LogP contribution is 2.65. The monoisotopic (exact) mass is 466 g/mol. The van der Waals surface area contributed by atoms with E-state index in [1.165, 1.54) is 6.42 Å². The fourth-order valence-electron chi connectivity index (χ4n) is 5.90. The third kappa shape index (κ3) is 5.43. The van der Waals surface area contributed by atoms with E-state index in [1.807, 2.05) is 0 Å². The maximum absolute atomic E-state index is 12.8. The van der Waals surface area contributed by atoms with Gasteiger partial charge >= 0.3 is 7.12 Å². The predicted molar refractivity (Wildman–Crippen MR) is 125 cm³/mol. The highest BCUT2D eigenvalue weighted by molar-refractivity contribution is 6.47. The van der Waals surface area contributed by atoms with Gasteiger partial charge in [-0.15, -0.1) is 0 Å². The standard InChI is InChI=1S/C21H39BN6O5/c1-12(2)9-17(26-18(29)14(23)7-6-8-25-19(24)27-28(30)31)22-32-16-11-13-10-15(20(13,3)4)21(16,5)33-22/h12-17H,6-11,23H2,1-5H3,(H,26,29)(H3,24,25,27)/t13-,14-,15-,16+,17-,21-/m0/s1. The van der Waals surface area contributed by atoms with Crippen molar-refractivity contribution in [3.05, 3.63) is 10.1 Å². The fraction of sp³-hybridized carbons (Fsp3) is 0.905. The van der Waals surface area contributed by atoms with Gasteiger partial charge in [-0.1, -0.05) is 33.1 Å². The molecule has 3 saturated carbocycles. The van der Waals surface area contributed by atoms with Crippen LogP contribution in [0.2, 0.25) is 0 Å². The topological polar surface area (TPSA) is 165 Å². The molecule has 1 amide bonds. The molecule has 1 heterocycles. The first-order valence-electron chi connectivity index (χ1n) is 12.0. The van der Waals surface area contributed by atoms with Crippen LogP contribution in [0.5, 0.6) is 0 Å². The molecule has 0 aromatic carbocycles. The highest BCUT2D eigenvalue weighted by atomic mass is 16.7. The molecule has 4 fully saturated rings. The minimum absolute atomic E-state index is 0.0497. The SMILES string of the molecule is CC(C)C[C@H](NC(=O)[C@@H](N)CCCNC(=N)N[N+](=O)[O-])B1O[C@@H]2C[C@@H]3C[C@@H](C3(C)C)[C@]2(C)O1. The minimum Gasteiger partial charge on any atom is -0.404 e. The lowest BCUT2D eigenvalue weighted by Gasteiger charge is -2.64. The second-order valence-electron chi connectivity index (χ2n) is 11.0. The number of guanidine groups is 1. The van der Waals surface area contributed by atoms with E-state index in [2.05, 4.69) is 45.3 Å². The van der Waals surface area contributed by atoms with Crippen molar-refractivity contribution in [2.45, 2.75) is 90.4 Å². The van der Waals surface area contributed by atoms with Gasteiger partial charge in [0.05, 0.1) is 23.7 Å². The number of nitro groups is 1. The lowest BCUT2D eigenvalue weighted by Crippen LogP contribution is -2.65. The van der Waals surface area contributed by atoms with Crippen LogP contribution in [0, 0.1) is 38.7 Å². The average Bonchev–Trinajstić information content (AvgIpc) is 3.06. The molecule has 1 aliphatic heterocycles. The zero-order valence-corrected chi connectivity index (χ0v) is 20.3. The van der Waals surface area contributed by atoms with Crippen LogP contribution in [0.25, 0.3) is 0 Å². The van der Waals surface area contributed by atoms with Crippen LogP contribution in [0.15, 0.2) is 0 Å². The molecule has 11 nitrogen and oxygen atoms in total. The second kappa shape index (κ2) is 9.75. The first kappa shape index (κ1) is 25.7.